The Hall–Kier alpha value is -2.32. The second-order valence-corrected chi connectivity index (χ2v) is 8.68. The van der Waals surface area contributed by atoms with E-state index in [0.29, 0.717) is 19.5 Å². The molecule has 4 rings (SSSR count). The van der Waals surface area contributed by atoms with E-state index < -0.39 is 10.0 Å². The molecule has 8 heteroatoms. The average Bonchev–Trinajstić information content (AvgIpc) is 3.05. The molecule has 1 aromatic heterocycles. The van der Waals surface area contributed by atoms with Gasteiger partial charge in [-0.2, -0.15) is 4.31 Å². The molecule has 2 aliphatic rings. The number of carbonyl (C=O) groups is 1. The van der Waals surface area contributed by atoms with Gasteiger partial charge in [0, 0.05) is 24.9 Å². The highest BCUT2D eigenvalue weighted by molar-refractivity contribution is 7.89. The van der Waals surface area contributed by atoms with Gasteiger partial charge in [0.15, 0.2) is 0 Å². The predicted molar refractivity (Wildman–Crippen MR) is 94.3 cm³/mol. The summed E-state index contributed by atoms with van der Waals surface area (Å²) in [7, 11) is -3.61. The molecule has 7 nitrogen and oxygen atoms in total. The zero-order valence-electron chi connectivity index (χ0n) is 14.1. The van der Waals surface area contributed by atoms with Gasteiger partial charge in [0.25, 0.3) is 0 Å². The summed E-state index contributed by atoms with van der Waals surface area (Å²) in [5, 5.41) is 12.7. The number of sulfonamides is 1. The van der Waals surface area contributed by atoms with E-state index in [9.17, 15) is 18.3 Å². The summed E-state index contributed by atoms with van der Waals surface area (Å²) < 4.78 is 32.1. The smallest absolute Gasteiger partial charge is 0.243 e. The van der Waals surface area contributed by atoms with Crippen LogP contribution in [0.4, 0.5) is 5.69 Å². The molecule has 2 aromatic rings. The lowest BCUT2D eigenvalue weighted by molar-refractivity contribution is -0.117. The molecule has 26 heavy (non-hydrogen) atoms. The fraction of sp³-hybridized carbons (Fsp3) is 0.389. The molecule has 1 aliphatic heterocycles. The molecule has 0 bridgehead atoms. The number of amides is 1. The van der Waals surface area contributed by atoms with Crippen molar-refractivity contribution in [2.45, 2.75) is 30.1 Å². The Morgan fingerprint density at radius 2 is 2.00 bits per heavy atom. The highest BCUT2D eigenvalue weighted by Gasteiger charge is 2.46. The molecule has 2 N–H and O–H groups in total. The van der Waals surface area contributed by atoms with E-state index in [1.165, 1.54) is 22.5 Å². The van der Waals surface area contributed by atoms with Crippen molar-refractivity contribution in [3.63, 3.8) is 0 Å². The summed E-state index contributed by atoms with van der Waals surface area (Å²) in [6.45, 7) is 0.996. The molecule has 0 unspecified atom stereocenters. The molecule has 1 saturated carbocycles. The van der Waals surface area contributed by atoms with E-state index in [1.54, 1.807) is 12.3 Å². The first-order valence-corrected chi connectivity index (χ1v) is 10.1. The normalized spacial score (nSPS) is 23.1. The first kappa shape index (κ1) is 17.1. The highest BCUT2D eigenvalue weighted by atomic mass is 32.2. The van der Waals surface area contributed by atoms with Gasteiger partial charge in [0.1, 0.15) is 11.5 Å². The van der Waals surface area contributed by atoms with Crippen LogP contribution in [0.25, 0.3) is 0 Å². The fourth-order valence-electron chi connectivity index (χ4n) is 3.38. The van der Waals surface area contributed by atoms with Crippen LogP contribution in [0.3, 0.4) is 0 Å². The minimum atomic E-state index is -3.61. The van der Waals surface area contributed by atoms with Gasteiger partial charge < -0.3 is 14.8 Å². The molecule has 0 spiro atoms. The van der Waals surface area contributed by atoms with Crippen LogP contribution in [0, 0.1) is 5.92 Å². The van der Waals surface area contributed by atoms with E-state index in [2.05, 4.69) is 5.32 Å². The van der Waals surface area contributed by atoms with Gasteiger partial charge in [0.05, 0.1) is 16.8 Å². The van der Waals surface area contributed by atoms with Crippen LogP contribution in [-0.4, -0.2) is 36.8 Å². The third kappa shape index (κ3) is 3.10. The number of rotatable bonds is 5. The summed E-state index contributed by atoms with van der Waals surface area (Å²) in [6, 6.07) is 7.60. The van der Waals surface area contributed by atoms with Gasteiger partial charge in [-0.15, -0.1) is 0 Å². The number of nitrogens with one attached hydrogen (secondary N) is 1. The topological polar surface area (TPSA) is 99.9 Å². The lowest BCUT2D eigenvalue weighted by atomic mass is 10.2. The van der Waals surface area contributed by atoms with E-state index in [1.807, 2.05) is 6.07 Å². The summed E-state index contributed by atoms with van der Waals surface area (Å²) in [6.07, 6.45) is 3.93. The Kier molecular flexibility index (Phi) is 4.24. The van der Waals surface area contributed by atoms with Gasteiger partial charge in [-0.3, -0.25) is 4.79 Å². The first-order chi connectivity index (χ1) is 12.5. The summed E-state index contributed by atoms with van der Waals surface area (Å²) in [5.74, 6) is 0.147. The van der Waals surface area contributed by atoms with Gasteiger partial charge in [0.2, 0.25) is 15.9 Å². The molecule has 2 heterocycles. The summed E-state index contributed by atoms with van der Waals surface area (Å²) in [5.41, 5.74) is 0.111. The summed E-state index contributed by atoms with van der Waals surface area (Å²) >= 11 is 0. The quantitative estimate of drug-likeness (QED) is 0.781. The average molecular weight is 376 g/mol. The zero-order chi connectivity index (χ0) is 18.3. The molecule has 1 aliphatic carbocycles. The molecular formula is C18H20N2O5S. The molecule has 138 valence electrons. The third-order valence-corrected chi connectivity index (χ3v) is 6.86. The first-order valence-electron chi connectivity index (χ1n) is 8.64. The van der Waals surface area contributed by atoms with Crippen LogP contribution < -0.4 is 5.32 Å². The van der Waals surface area contributed by atoms with Crippen molar-refractivity contribution >= 4 is 21.6 Å². The maximum absolute atomic E-state index is 12.7. The van der Waals surface area contributed by atoms with Crippen LogP contribution in [0.2, 0.25) is 0 Å². The number of furan rings is 1. The second kappa shape index (κ2) is 6.44. The van der Waals surface area contributed by atoms with Gasteiger partial charge >= 0.3 is 0 Å². The number of benzene rings is 1. The van der Waals surface area contributed by atoms with Crippen molar-refractivity contribution in [1.29, 1.82) is 0 Å². The zero-order valence-corrected chi connectivity index (χ0v) is 14.9. The lowest BCUT2D eigenvalue weighted by Gasteiger charge is -2.16. The van der Waals surface area contributed by atoms with Crippen molar-refractivity contribution in [2.75, 3.05) is 18.4 Å². The van der Waals surface area contributed by atoms with Crippen molar-refractivity contribution in [1.82, 2.24) is 4.31 Å². The SMILES string of the molecule is O=C(Nc1cc(S(=O)(=O)N2CCCC2)ccc1O)[C@@H]1C[C@@H]1c1ccco1. The van der Waals surface area contributed by atoms with Gasteiger partial charge in [-0.1, -0.05) is 0 Å². The minimum Gasteiger partial charge on any atom is -0.506 e. The fourth-order valence-corrected chi connectivity index (χ4v) is 4.92. The van der Waals surface area contributed by atoms with Crippen molar-refractivity contribution in [3.8, 4) is 5.75 Å². The number of anilines is 1. The number of hydrogen-bond acceptors (Lipinski definition) is 5. The van der Waals surface area contributed by atoms with Crippen molar-refractivity contribution in [2.24, 2.45) is 5.92 Å². The Balaban J connectivity index is 1.51. The Morgan fingerprint density at radius 1 is 1.23 bits per heavy atom. The van der Waals surface area contributed by atoms with E-state index >= 15 is 0 Å². The van der Waals surface area contributed by atoms with Crippen LogP contribution in [-0.2, 0) is 14.8 Å². The van der Waals surface area contributed by atoms with Crippen molar-refractivity contribution in [3.05, 3.63) is 42.4 Å². The number of hydrogen-bond donors (Lipinski definition) is 2. The molecule has 2 fully saturated rings. The maximum Gasteiger partial charge on any atom is 0.243 e. The number of aromatic hydroxyl groups is 1. The van der Waals surface area contributed by atoms with Crippen LogP contribution in [0.5, 0.6) is 5.75 Å². The van der Waals surface area contributed by atoms with Crippen LogP contribution in [0.1, 0.15) is 30.9 Å². The number of phenols is 1. The molecule has 1 amide bonds. The van der Waals surface area contributed by atoms with Gasteiger partial charge in [-0.05, 0) is 49.6 Å². The third-order valence-electron chi connectivity index (χ3n) is 4.96. The monoisotopic (exact) mass is 376 g/mol. The van der Waals surface area contributed by atoms with Crippen LogP contribution >= 0.6 is 0 Å². The molecular weight excluding hydrogens is 356 g/mol. The van der Waals surface area contributed by atoms with E-state index in [4.69, 9.17) is 4.42 Å². The highest BCUT2D eigenvalue weighted by Crippen LogP contribution is 2.48. The van der Waals surface area contributed by atoms with E-state index in [-0.39, 0.29) is 34.1 Å². The number of carbonyl (C=O) groups excluding carboxylic acids is 1. The number of phenolic OH excluding ortho intramolecular Hbond substituents is 1. The van der Waals surface area contributed by atoms with E-state index in [0.717, 1.165) is 18.6 Å². The second-order valence-electron chi connectivity index (χ2n) is 6.74. The lowest BCUT2D eigenvalue weighted by Crippen LogP contribution is -2.28. The standard InChI is InChI=1S/C18H20N2O5S/c21-16-6-5-12(26(23,24)20-7-1-2-8-20)10-15(16)19-18(22)14-11-13(14)17-4-3-9-25-17/h3-6,9-10,13-14,21H,1-2,7-8,11H2,(H,19,22)/t13-,14+/m0/s1. The van der Waals surface area contributed by atoms with Crippen LogP contribution in [0.15, 0.2) is 45.9 Å². The Labute approximate surface area is 151 Å². The van der Waals surface area contributed by atoms with Crippen molar-refractivity contribution < 1.29 is 22.7 Å². The molecule has 0 radical (unpaired) electrons. The Bertz CT molecular complexity index is 917. The molecule has 2 atom stereocenters. The minimum absolute atomic E-state index is 0.0312. The van der Waals surface area contributed by atoms with Gasteiger partial charge in [-0.25, -0.2) is 8.42 Å². The maximum atomic E-state index is 12.7. The molecule has 1 saturated heterocycles. The predicted octanol–water partition coefficient (Wildman–Crippen LogP) is 2.51. The molecule has 1 aromatic carbocycles. The Morgan fingerprint density at radius 3 is 2.69 bits per heavy atom. The summed E-state index contributed by atoms with van der Waals surface area (Å²) in [4.78, 5) is 12.5. The number of nitrogens with zero attached hydrogens (tertiary/aromatic N) is 1. The largest absolute Gasteiger partial charge is 0.506 e.